The van der Waals surface area contributed by atoms with E-state index < -0.39 is 30.4 Å². The van der Waals surface area contributed by atoms with E-state index in [1.165, 1.54) is 7.11 Å². The third-order valence-corrected chi connectivity index (χ3v) is 8.00. The molecule has 3 aromatic rings. The van der Waals surface area contributed by atoms with E-state index in [4.69, 9.17) is 20.1 Å². The molecular formula is C35H41N5O10. The van der Waals surface area contributed by atoms with Crippen molar-refractivity contribution in [3.05, 3.63) is 89.5 Å². The lowest BCUT2D eigenvalue weighted by atomic mass is 9.99. The number of anilines is 3. The second kappa shape index (κ2) is 17.7. The zero-order chi connectivity index (χ0) is 35.7. The number of hydrogen-bond donors (Lipinski definition) is 5. The second-order valence-corrected chi connectivity index (χ2v) is 11.5. The summed E-state index contributed by atoms with van der Waals surface area (Å²) in [6, 6.07) is 22.2. The summed E-state index contributed by atoms with van der Waals surface area (Å²) >= 11 is 0. The Morgan fingerprint density at radius 2 is 1.58 bits per heavy atom. The van der Waals surface area contributed by atoms with Gasteiger partial charge in [0.25, 0.3) is 5.91 Å². The predicted molar refractivity (Wildman–Crippen MR) is 187 cm³/mol. The summed E-state index contributed by atoms with van der Waals surface area (Å²) in [5, 5.41) is 30.5. The molecule has 1 fully saturated rings. The van der Waals surface area contributed by atoms with Crippen LogP contribution in [0.15, 0.2) is 72.8 Å². The zero-order valence-corrected chi connectivity index (χ0v) is 27.9. The van der Waals surface area contributed by atoms with Crippen LogP contribution in [0.4, 0.5) is 17.1 Å². The van der Waals surface area contributed by atoms with Gasteiger partial charge in [0.15, 0.2) is 6.10 Å². The number of nitrogens with zero attached hydrogens (tertiary/aromatic N) is 3. The lowest BCUT2D eigenvalue weighted by Crippen LogP contribution is -2.48. The number of aliphatic hydroxyl groups is 1. The fourth-order valence-corrected chi connectivity index (χ4v) is 5.16. The van der Waals surface area contributed by atoms with Gasteiger partial charge in [-0.05, 0) is 49.0 Å². The Hall–Kier alpha value is -5.61. The normalized spacial score (nSPS) is 15.6. The molecule has 5 rings (SSSR count). The molecular weight excluding hydrogens is 650 g/mol. The Labute approximate surface area is 288 Å². The maximum atomic E-state index is 13.2. The van der Waals surface area contributed by atoms with Gasteiger partial charge in [-0.2, -0.15) is 0 Å². The number of likely N-dealkylation sites (N-methyl/N-ethyl adjacent to an activating group) is 2. The van der Waals surface area contributed by atoms with Gasteiger partial charge in [-0.3, -0.25) is 19.3 Å². The van der Waals surface area contributed by atoms with Gasteiger partial charge < -0.3 is 46.0 Å². The van der Waals surface area contributed by atoms with Crippen molar-refractivity contribution in [3.63, 3.8) is 0 Å². The van der Waals surface area contributed by atoms with E-state index in [2.05, 4.69) is 27.5 Å². The van der Waals surface area contributed by atoms with Crippen LogP contribution < -0.4 is 15.5 Å². The van der Waals surface area contributed by atoms with Crippen LogP contribution in [-0.4, -0.2) is 120 Å². The molecule has 15 heteroatoms. The van der Waals surface area contributed by atoms with Crippen molar-refractivity contribution in [1.29, 1.82) is 0 Å². The van der Waals surface area contributed by atoms with Crippen LogP contribution in [0.25, 0.3) is 11.3 Å². The topological polar surface area (TPSA) is 221 Å². The van der Waals surface area contributed by atoms with Crippen LogP contribution in [0.2, 0.25) is 0 Å². The highest BCUT2D eigenvalue weighted by atomic mass is 16.5. The van der Waals surface area contributed by atoms with Gasteiger partial charge in [-0.15, -0.1) is 0 Å². The van der Waals surface area contributed by atoms with Crippen molar-refractivity contribution in [2.75, 3.05) is 69.5 Å². The smallest absolute Gasteiger partial charge is 0.337 e. The summed E-state index contributed by atoms with van der Waals surface area (Å²) < 4.78 is 4.82. The van der Waals surface area contributed by atoms with Crippen LogP contribution in [0, 0.1) is 0 Å². The average molecular weight is 692 g/mol. The molecule has 0 saturated carbocycles. The quantitative estimate of drug-likeness (QED) is 0.152. The van der Waals surface area contributed by atoms with Crippen LogP contribution in [0.1, 0.15) is 27.9 Å². The molecule has 50 heavy (non-hydrogen) atoms. The number of benzene rings is 3. The Bertz CT molecular complexity index is 1720. The van der Waals surface area contributed by atoms with Gasteiger partial charge >= 0.3 is 17.9 Å². The molecule has 0 aromatic heterocycles. The minimum Gasteiger partial charge on any atom is -0.481 e. The molecule has 0 radical (unpaired) electrons. The highest BCUT2D eigenvalue weighted by Gasteiger charge is 2.29. The number of ether oxygens (including phenoxy) is 1. The number of hydrogen-bond acceptors (Lipinski definition) is 10. The molecule has 7 N–H and O–H groups in total. The van der Waals surface area contributed by atoms with E-state index in [0.29, 0.717) is 34.6 Å². The molecule has 1 atom stereocenters. The van der Waals surface area contributed by atoms with Crippen LogP contribution in [-0.2, 0) is 23.9 Å². The number of piperazine rings is 1. The Morgan fingerprint density at radius 1 is 0.940 bits per heavy atom. The highest BCUT2D eigenvalue weighted by Crippen LogP contribution is 2.38. The monoisotopic (exact) mass is 691 g/mol. The van der Waals surface area contributed by atoms with Crippen molar-refractivity contribution in [1.82, 2.24) is 9.80 Å². The maximum Gasteiger partial charge on any atom is 0.337 e. The summed E-state index contributed by atoms with van der Waals surface area (Å²) in [7, 11) is 5.21. The van der Waals surface area contributed by atoms with Crippen LogP contribution in [0.5, 0.6) is 0 Å². The van der Waals surface area contributed by atoms with E-state index in [9.17, 15) is 24.0 Å². The number of rotatable bonds is 10. The van der Waals surface area contributed by atoms with E-state index in [-0.39, 0.29) is 17.3 Å². The molecule has 1 saturated heterocycles. The number of carbonyl (C=O) groups excluding carboxylic acids is 3. The fourth-order valence-electron chi connectivity index (χ4n) is 5.16. The van der Waals surface area contributed by atoms with E-state index in [1.807, 2.05) is 54.6 Å². The summed E-state index contributed by atoms with van der Waals surface area (Å²) in [4.78, 5) is 63.7. The zero-order valence-electron chi connectivity index (χ0n) is 27.9. The van der Waals surface area contributed by atoms with Crippen molar-refractivity contribution < 1.29 is 49.5 Å². The number of aliphatic carboxylic acids is 2. The second-order valence-electron chi connectivity index (χ2n) is 11.5. The molecule has 2 amide bonds. The minimum atomic E-state index is -1.79. The number of nitrogens with one attached hydrogen (secondary N) is 2. The number of methoxy groups -OCH3 is 1. The number of esters is 1. The summed E-state index contributed by atoms with van der Waals surface area (Å²) in [5.74, 6) is -3.54. The van der Waals surface area contributed by atoms with E-state index >= 15 is 0 Å². The van der Waals surface area contributed by atoms with Gasteiger partial charge in [0.2, 0.25) is 5.91 Å². The van der Waals surface area contributed by atoms with Crippen molar-refractivity contribution in [3.8, 4) is 0 Å². The van der Waals surface area contributed by atoms with E-state index in [0.717, 1.165) is 43.1 Å². The molecule has 2 aliphatic rings. The first-order valence-electron chi connectivity index (χ1n) is 15.4. The van der Waals surface area contributed by atoms with Gasteiger partial charge in [-0.25, -0.2) is 9.59 Å². The van der Waals surface area contributed by atoms with Gasteiger partial charge in [0.05, 0.1) is 42.6 Å². The number of fused-ring (bicyclic) bond motifs is 1. The van der Waals surface area contributed by atoms with Crippen LogP contribution >= 0.6 is 0 Å². The fraction of sp³-hybridized carbons (Fsp3) is 0.286. The number of carboxylic acid groups (broad SMARTS) is 2. The summed E-state index contributed by atoms with van der Waals surface area (Å²) in [6.45, 7) is 4.09. The number of carbonyl (C=O) groups is 5. The highest BCUT2D eigenvalue weighted by molar-refractivity contribution is 6.37. The Kier molecular flexibility index (Phi) is 13.7. The standard InChI is InChI=1S/C31H33N5O4.C4H6O5.H2O/c1-34-15-17-36(18-16-34)20-27(37)35(2)24-12-10-23(11-13-24)32-29(21-7-5-4-6-8-21)28-25-14-9-22(31(39)40-3)19-26(25)33-30(28)38;5-2(4(8)9)1-3(6)7;/h4-14,19,32H,15-18,20H2,1-3H3,(H,33,38);2,5H,1H2,(H,6,7)(H,8,9);1H2/b29-28-;;. The Morgan fingerprint density at radius 3 is 2.14 bits per heavy atom. The molecule has 266 valence electrons. The first-order chi connectivity index (χ1) is 23.4. The van der Waals surface area contributed by atoms with E-state index in [1.54, 1.807) is 30.1 Å². The van der Waals surface area contributed by atoms with Crippen LogP contribution in [0.3, 0.4) is 0 Å². The summed E-state index contributed by atoms with van der Waals surface area (Å²) in [6.07, 6.45) is -2.54. The van der Waals surface area contributed by atoms with Crippen molar-refractivity contribution in [2.24, 2.45) is 0 Å². The molecule has 15 nitrogen and oxygen atoms in total. The lowest BCUT2D eigenvalue weighted by molar-refractivity contribution is -0.152. The molecule has 2 aliphatic heterocycles. The number of aliphatic hydroxyl groups excluding tert-OH is 1. The lowest BCUT2D eigenvalue weighted by Gasteiger charge is -2.32. The van der Waals surface area contributed by atoms with Crippen molar-refractivity contribution >= 4 is 58.1 Å². The molecule has 0 bridgehead atoms. The first-order valence-corrected chi connectivity index (χ1v) is 15.4. The third kappa shape index (κ3) is 9.96. The van der Waals surface area contributed by atoms with Gasteiger partial charge in [-0.1, -0.05) is 36.4 Å². The molecule has 2 heterocycles. The molecule has 0 spiro atoms. The van der Waals surface area contributed by atoms with Gasteiger partial charge in [0.1, 0.15) is 0 Å². The average Bonchev–Trinajstić information content (AvgIpc) is 3.42. The third-order valence-electron chi connectivity index (χ3n) is 8.00. The minimum absolute atomic E-state index is 0. The molecule has 0 aliphatic carbocycles. The SMILES string of the molecule is COC(=O)c1ccc2c(c1)NC(=O)/C2=C(\Nc1ccc(N(C)C(=O)CN2CCN(C)CC2)cc1)c1ccccc1.O.O=C(O)CC(O)C(=O)O. The summed E-state index contributed by atoms with van der Waals surface area (Å²) in [5.41, 5.74) is 5.10. The Balaban J connectivity index is 0.000000597. The van der Waals surface area contributed by atoms with Crippen molar-refractivity contribution in [2.45, 2.75) is 12.5 Å². The molecule has 1 unspecified atom stereocenters. The number of amides is 2. The molecule has 3 aromatic carbocycles. The predicted octanol–water partition coefficient (Wildman–Crippen LogP) is 1.70. The van der Waals surface area contributed by atoms with Gasteiger partial charge in [0, 0.05) is 50.2 Å². The number of carboxylic acids is 2. The largest absolute Gasteiger partial charge is 0.481 e. The first kappa shape index (κ1) is 38.8. The maximum absolute atomic E-state index is 13.2.